The van der Waals surface area contributed by atoms with Crippen LogP contribution in [0.3, 0.4) is 0 Å². The molecule has 0 saturated heterocycles. The van der Waals surface area contributed by atoms with Crippen molar-refractivity contribution in [3.63, 3.8) is 0 Å². The van der Waals surface area contributed by atoms with E-state index in [1.807, 2.05) is 0 Å². The molecule has 21 heavy (non-hydrogen) atoms. The smallest absolute Gasteiger partial charge is 0.293 e. The summed E-state index contributed by atoms with van der Waals surface area (Å²) in [6.07, 6.45) is 2.91. The molecule has 1 aromatic heterocycles. The molecular formula is C13H21N5O3. The Bertz CT molecular complexity index is 498. The number of amides is 2. The predicted octanol–water partition coefficient (Wildman–Crippen LogP) is -0.0932. The predicted molar refractivity (Wildman–Crippen MR) is 74.8 cm³/mol. The van der Waals surface area contributed by atoms with Gasteiger partial charge in [0, 0.05) is 33.2 Å². The number of methoxy groups -OCH3 is 1. The van der Waals surface area contributed by atoms with Crippen LogP contribution in [-0.2, 0) is 9.53 Å². The first-order valence-corrected chi connectivity index (χ1v) is 7.05. The third-order valence-corrected chi connectivity index (χ3v) is 3.23. The Morgan fingerprint density at radius 2 is 2.24 bits per heavy atom. The normalized spacial score (nSPS) is 14.0. The van der Waals surface area contributed by atoms with E-state index < -0.39 is 0 Å². The van der Waals surface area contributed by atoms with Gasteiger partial charge in [0.2, 0.25) is 11.7 Å². The maximum absolute atomic E-state index is 12.1. The van der Waals surface area contributed by atoms with Crippen molar-refractivity contribution in [1.29, 1.82) is 0 Å². The van der Waals surface area contributed by atoms with Gasteiger partial charge in [0.25, 0.3) is 5.91 Å². The zero-order valence-electron chi connectivity index (χ0n) is 12.4. The van der Waals surface area contributed by atoms with Crippen LogP contribution in [0.5, 0.6) is 0 Å². The summed E-state index contributed by atoms with van der Waals surface area (Å²) in [5.74, 6) is 0.723. The third-order valence-electron chi connectivity index (χ3n) is 3.23. The van der Waals surface area contributed by atoms with Crippen LogP contribution in [0.25, 0.3) is 0 Å². The van der Waals surface area contributed by atoms with Crippen molar-refractivity contribution in [3.8, 4) is 0 Å². The van der Waals surface area contributed by atoms with Crippen LogP contribution in [-0.4, -0.2) is 65.7 Å². The van der Waals surface area contributed by atoms with Gasteiger partial charge in [-0.15, -0.1) is 5.10 Å². The molecular weight excluding hydrogens is 274 g/mol. The number of nitrogens with one attached hydrogen (secondary N) is 2. The standard InChI is InChI=1S/C13H21N5O3/c1-18(8-10(19)14-6-3-7-21-2)13(20)12-15-11(16-17-12)9-4-5-9/h9H,3-8H2,1-2H3,(H,14,19)(H,15,16,17). The van der Waals surface area contributed by atoms with Crippen LogP contribution >= 0.6 is 0 Å². The fraction of sp³-hybridized carbons (Fsp3) is 0.692. The third kappa shape index (κ3) is 4.52. The zero-order chi connectivity index (χ0) is 15.2. The highest BCUT2D eigenvalue weighted by molar-refractivity contribution is 5.93. The summed E-state index contributed by atoms with van der Waals surface area (Å²) in [4.78, 5) is 29.3. The average Bonchev–Trinajstić information content (AvgIpc) is 3.20. The molecule has 8 nitrogen and oxygen atoms in total. The largest absolute Gasteiger partial charge is 0.385 e. The van der Waals surface area contributed by atoms with Crippen molar-refractivity contribution >= 4 is 11.8 Å². The molecule has 0 aromatic carbocycles. The molecule has 1 aliphatic carbocycles. The number of hydrogen-bond acceptors (Lipinski definition) is 5. The highest BCUT2D eigenvalue weighted by atomic mass is 16.5. The molecule has 0 aliphatic heterocycles. The Balaban J connectivity index is 1.77. The summed E-state index contributed by atoms with van der Waals surface area (Å²) in [7, 11) is 3.17. The number of ether oxygens (including phenoxy) is 1. The molecule has 2 amide bonds. The van der Waals surface area contributed by atoms with Gasteiger partial charge in [0.15, 0.2) is 0 Å². The number of likely N-dealkylation sites (N-methyl/N-ethyl adjacent to an activating group) is 1. The van der Waals surface area contributed by atoms with Gasteiger partial charge in [-0.05, 0) is 19.3 Å². The molecule has 0 radical (unpaired) electrons. The molecule has 1 aliphatic rings. The van der Waals surface area contributed by atoms with Gasteiger partial charge in [-0.3, -0.25) is 14.7 Å². The van der Waals surface area contributed by atoms with Crippen LogP contribution in [0.2, 0.25) is 0 Å². The minimum Gasteiger partial charge on any atom is -0.385 e. The minimum atomic E-state index is -0.356. The quantitative estimate of drug-likeness (QED) is 0.653. The van der Waals surface area contributed by atoms with Crippen molar-refractivity contribution in [2.24, 2.45) is 0 Å². The second kappa shape index (κ2) is 7.16. The lowest BCUT2D eigenvalue weighted by Gasteiger charge is -2.14. The number of aromatic nitrogens is 3. The van der Waals surface area contributed by atoms with E-state index in [1.165, 1.54) is 4.90 Å². The summed E-state index contributed by atoms with van der Waals surface area (Å²) in [6.45, 7) is 1.11. The maximum Gasteiger partial charge on any atom is 0.293 e. The first-order valence-electron chi connectivity index (χ1n) is 7.05. The molecule has 1 fully saturated rings. The second-order valence-electron chi connectivity index (χ2n) is 5.18. The molecule has 0 bridgehead atoms. The number of hydrogen-bond donors (Lipinski definition) is 2. The van der Waals surface area contributed by atoms with Crippen LogP contribution < -0.4 is 5.32 Å². The van der Waals surface area contributed by atoms with E-state index in [4.69, 9.17) is 4.74 Å². The fourth-order valence-corrected chi connectivity index (χ4v) is 1.87. The molecule has 1 heterocycles. The molecule has 2 N–H and O–H groups in total. The molecule has 0 atom stereocenters. The summed E-state index contributed by atoms with van der Waals surface area (Å²) >= 11 is 0. The second-order valence-corrected chi connectivity index (χ2v) is 5.18. The van der Waals surface area contributed by atoms with E-state index in [2.05, 4.69) is 20.5 Å². The van der Waals surface area contributed by atoms with Gasteiger partial charge >= 0.3 is 0 Å². The Morgan fingerprint density at radius 3 is 2.90 bits per heavy atom. The molecule has 1 aromatic rings. The highest BCUT2D eigenvalue weighted by Gasteiger charge is 2.29. The molecule has 0 unspecified atom stereocenters. The maximum atomic E-state index is 12.1. The molecule has 2 rings (SSSR count). The van der Waals surface area contributed by atoms with Gasteiger partial charge in [0.05, 0.1) is 6.54 Å². The first-order chi connectivity index (χ1) is 10.1. The lowest BCUT2D eigenvalue weighted by molar-refractivity contribution is -0.121. The van der Waals surface area contributed by atoms with E-state index >= 15 is 0 Å². The number of rotatable bonds is 8. The molecule has 1 saturated carbocycles. The van der Waals surface area contributed by atoms with Crippen LogP contribution in [0.4, 0.5) is 0 Å². The minimum absolute atomic E-state index is 0.0148. The van der Waals surface area contributed by atoms with Gasteiger partial charge in [-0.1, -0.05) is 0 Å². The van der Waals surface area contributed by atoms with E-state index in [9.17, 15) is 9.59 Å². The SMILES string of the molecule is COCCCNC(=O)CN(C)C(=O)c1n[nH]c(C2CC2)n1. The summed E-state index contributed by atoms with van der Waals surface area (Å²) in [6, 6.07) is 0. The number of H-pyrrole nitrogens is 1. The Labute approximate surface area is 123 Å². The van der Waals surface area contributed by atoms with Crippen molar-refractivity contribution in [2.75, 3.05) is 33.9 Å². The summed E-state index contributed by atoms with van der Waals surface area (Å²) in [5.41, 5.74) is 0. The topological polar surface area (TPSA) is 100 Å². The Morgan fingerprint density at radius 1 is 1.48 bits per heavy atom. The molecule has 116 valence electrons. The first kappa shape index (κ1) is 15.4. The van der Waals surface area contributed by atoms with Gasteiger partial charge < -0.3 is 15.0 Å². The van der Waals surface area contributed by atoms with E-state index in [0.717, 1.165) is 25.1 Å². The van der Waals surface area contributed by atoms with E-state index in [1.54, 1.807) is 14.2 Å². The monoisotopic (exact) mass is 295 g/mol. The fourth-order valence-electron chi connectivity index (χ4n) is 1.87. The average molecular weight is 295 g/mol. The zero-order valence-corrected chi connectivity index (χ0v) is 12.4. The van der Waals surface area contributed by atoms with E-state index in [0.29, 0.717) is 19.1 Å². The van der Waals surface area contributed by atoms with Gasteiger partial charge in [-0.2, -0.15) is 0 Å². The number of nitrogens with zero attached hydrogens (tertiary/aromatic N) is 3. The Kier molecular flexibility index (Phi) is 5.26. The van der Waals surface area contributed by atoms with Crippen molar-refractivity contribution in [3.05, 3.63) is 11.6 Å². The molecule has 0 spiro atoms. The number of carbonyl (C=O) groups is 2. The molecule has 8 heteroatoms. The summed E-state index contributed by atoms with van der Waals surface area (Å²) in [5, 5.41) is 9.43. The van der Waals surface area contributed by atoms with Crippen LogP contribution in [0.1, 0.15) is 41.6 Å². The lowest BCUT2D eigenvalue weighted by Crippen LogP contribution is -2.39. The number of aromatic amines is 1. The Hall–Kier alpha value is -1.96. The van der Waals surface area contributed by atoms with Gasteiger partial charge in [0.1, 0.15) is 5.82 Å². The van der Waals surface area contributed by atoms with Crippen molar-refractivity contribution in [1.82, 2.24) is 25.4 Å². The lowest BCUT2D eigenvalue weighted by atomic mass is 10.4. The van der Waals surface area contributed by atoms with Crippen molar-refractivity contribution in [2.45, 2.75) is 25.2 Å². The van der Waals surface area contributed by atoms with E-state index in [-0.39, 0.29) is 24.2 Å². The van der Waals surface area contributed by atoms with Crippen molar-refractivity contribution < 1.29 is 14.3 Å². The highest BCUT2D eigenvalue weighted by Crippen LogP contribution is 2.37. The van der Waals surface area contributed by atoms with Gasteiger partial charge in [-0.25, -0.2) is 4.98 Å². The summed E-state index contributed by atoms with van der Waals surface area (Å²) < 4.78 is 4.89. The number of carbonyl (C=O) groups excluding carboxylic acids is 2. The van der Waals surface area contributed by atoms with Crippen LogP contribution in [0, 0.1) is 0 Å². The van der Waals surface area contributed by atoms with Crippen LogP contribution in [0.15, 0.2) is 0 Å².